The highest BCUT2D eigenvalue weighted by Gasteiger charge is 2.26. The summed E-state index contributed by atoms with van der Waals surface area (Å²) in [7, 11) is 0. The molecule has 5 nitrogen and oxygen atoms in total. The zero-order valence-corrected chi connectivity index (χ0v) is 20.1. The van der Waals surface area contributed by atoms with Crippen molar-refractivity contribution in [3.63, 3.8) is 0 Å². The smallest absolute Gasteiger partial charge is 0.339 e. The maximum atomic E-state index is 13.3. The first-order valence-corrected chi connectivity index (χ1v) is 12.1. The van der Waals surface area contributed by atoms with Crippen LogP contribution in [-0.4, -0.2) is 23.0 Å². The van der Waals surface area contributed by atoms with Gasteiger partial charge in [0.2, 0.25) is 0 Å². The van der Waals surface area contributed by atoms with Gasteiger partial charge >= 0.3 is 5.97 Å². The van der Waals surface area contributed by atoms with E-state index in [2.05, 4.69) is 17.4 Å². The Morgan fingerprint density at radius 3 is 2.60 bits per heavy atom. The van der Waals surface area contributed by atoms with Crippen molar-refractivity contribution in [2.45, 2.75) is 38.3 Å². The Balaban J connectivity index is 1.37. The van der Waals surface area contributed by atoms with Crippen LogP contribution >= 0.6 is 11.6 Å². The minimum Gasteiger partial charge on any atom is -0.449 e. The first-order valence-electron chi connectivity index (χ1n) is 11.7. The van der Waals surface area contributed by atoms with E-state index in [1.165, 1.54) is 5.56 Å². The quantitative estimate of drug-likeness (QED) is 0.338. The van der Waals surface area contributed by atoms with Crippen LogP contribution in [-0.2, 0) is 16.0 Å². The molecule has 1 heterocycles. The van der Waals surface area contributed by atoms with Gasteiger partial charge in [-0.1, -0.05) is 66.2 Å². The molecule has 0 unspecified atom stereocenters. The SMILES string of the molecule is C[C@H](OC(=O)c1cc(-c2ccc(Cl)cc2)nc2ccccc12)C(=O)N[C@H]1CCCc2ccccc21. The number of ether oxygens (including phenoxy) is 1. The molecule has 4 aromatic rings. The molecule has 0 saturated carbocycles. The van der Waals surface area contributed by atoms with Crippen molar-refractivity contribution >= 4 is 34.4 Å². The molecule has 0 bridgehead atoms. The van der Waals surface area contributed by atoms with Gasteiger partial charge in [0.05, 0.1) is 22.8 Å². The van der Waals surface area contributed by atoms with Gasteiger partial charge in [0.15, 0.2) is 6.10 Å². The average molecular weight is 485 g/mol. The molecule has 0 aliphatic heterocycles. The number of esters is 1. The maximum absolute atomic E-state index is 13.3. The first-order chi connectivity index (χ1) is 17.0. The molecule has 0 saturated heterocycles. The second-order valence-electron chi connectivity index (χ2n) is 8.78. The number of amides is 1. The number of hydrogen-bond donors (Lipinski definition) is 1. The number of fused-ring (bicyclic) bond motifs is 2. The Hall–Kier alpha value is -3.70. The summed E-state index contributed by atoms with van der Waals surface area (Å²) in [6.07, 6.45) is 1.94. The lowest BCUT2D eigenvalue weighted by molar-refractivity contribution is -0.130. The van der Waals surface area contributed by atoms with Crippen LogP contribution in [0.3, 0.4) is 0 Å². The van der Waals surface area contributed by atoms with Crippen molar-refractivity contribution in [1.82, 2.24) is 10.3 Å². The highest BCUT2D eigenvalue weighted by Crippen LogP contribution is 2.30. The van der Waals surface area contributed by atoms with E-state index in [-0.39, 0.29) is 11.9 Å². The molecule has 1 aliphatic rings. The lowest BCUT2D eigenvalue weighted by Crippen LogP contribution is -2.39. The van der Waals surface area contributed by atoms with Gasteiger partial charge < -0.3 is 10.1 Å². The van der Waals surface area contributed by atoms with Gasteiger partial charge in [-0.25, -0.2) is 9.78 Å². The Kier molecular flexibility index (Phi) is 6.51. The summed E-state index contributed by atoms with van der Waals surface area (Å²) < 4.78 is 5.65. The Morgan fingerprint density at radius 1 is 1.03 bits per heavy atom. The van der Waals surface area contributed by atoms with Crippen LogP contribution < -0.4 is 5.32 Å². The molecular formula is C29H25ClN2O3. The van der Waals surface area contributed by atoms with Crippen LogP contribution in [0.1, 0.15) is 47.3 Å². The van der Waals surface area contributed by atoms with Crippen molar-refractivity contribution in [3.8, 4) is 11.3 Å². The van der Waals surface area contributed by atoms with Crippen molar-refractivity contribution in [1.29, 1.82) is 0 Å². The standard InChI is InChI=1S/C29H25ClN2O3/c1-18(28(33)32-25-12-6-8-19-7-2-3-9-22(19)25)35-29(34)24-17-27(20-13-15-21(30)16-14-20)31-26-11-5-4-10-23(24)26/h2-5,7,9-11,13-18,25H,6,8,12H2,1H3,(H,32,33)/t18-,25-/m0/s1. The second kappa shape index (κ2) is 9.88. The summed E-state index contributed by atoms with van der Waals surface area (Å²) in [5, 5.41) is 4.36. The normalized spacial score (nSPS) is 15.8. The molecule has 1 amide bonds. The number of nitrogens with one attached hydrogen (secondary N) is 1. The molecule has 6 heteroatoms. The number of aryl methyl sites for hydroxylation is 1. The van der Waals surface area contributed by atoms with Crippen LogP contribution in [0, 0.1) is 0 Å². The fourth-order valence-corrected chi connectivity index (χ4v) is 4.71. The highest BCUT2D eigenvalue weighted by molar-refractivity contribution is 6.30. The van der Waals surface area contributed by atoms with Crippen molar-refractivity contribution in [2.24, 2.45) is 0 Å². The number of para-hydroxylation sites is 1. The van der Waals surface area contributed by atoms with Gasteiger partial charge in [-0.05, 0) is 61.6 Å². The van der Waals surface area contributed by atoms with Gasteiger partial charge in [0, 0.05) is 16.0 Å². The molecule has 0 radical (unpaired) electrons. The van der Waals surface area contributed by atoms with E-state index in [1.807, 2.05) is 48.5 Å². The maximum Gasteiger partial charge on any atom is 0.339 e. The van der Waals surface area contributed by atoms with Crippen molar-refractivity contribution in [2.75, 3.05) is 0 Å². The summed E-state index contributed by atoms with van der Waals surface area (Å²) >= 11 is 6.03. The summed E-state index contributed by atoms with van der Waals surface area (Å²) in [4.78, 5) is 30.9. The molecule has 176 valence electrons. The molecule has 2 atom stereocenters. The number of pyridine rings is 1. The number of carbonyl (C=O) groups is 2. The first kappa shape index (κ1) is 23.1. The van der Waals surface area contributed by atoms with E-state index in [9.17, 15) is 9.59 Å². The van der Waals surface area contributed by atoms with E-state index in [1.54, 1.807) is 25.1 Å². The second-order valence-corrected chi connectivity index (χ2v) is 9.22. The molecule has 1 aliphatic carbocycles. The fourth-order valence-electron chi connectivity index (χ4n) is 4.58. The molecule has 3 aromatic carbocycles. The predicted molar refractivity (Wildman–Crippen MR) is 137 cm³/mol. The zero-order chi connectivity index (χ0) is 24.4. The molecule has 35 heavy (non-hydrogen) atoms. The minimum absolute atomic E-state index is 0.0770. The topological polar surface area (TPSA) is 68.3 Å². The van der Waals surface area contributed by atoms with E-state index < -0.39 is 12.1 Å². The fraction of sp³-hybridized carbons (Fsp3) is 0.207. The minimum atomic E-state index is -0.942. The number of aromatic nitrogens is 1. The Labute approximate surface area is 209 Å². The monoisotopic (exact) mass is 484 g/mol. The third kappa shape index (κ3) is 4.91. The van der Waals surface area contributed by atoms with E-state index >= 15 is 0 Å². The van der Waals surface area contributed by atoms with E-state index in [4.69, 9.17) is 21.3 Å². The highest BCUT2D eigenvalue weighted by atomic mass is 35.5. The van der Waals surface area contributed by atoms with Gasteiger partial charge in [-0.15, -0.1) is 0 Å². The third-order valence-electron chi connectivity index (χ3n) is 6.42. The summed E-state index contributed by atoms with van der Waals surface area (Å²) in [6.45, 7) is 1.60. The lowest BCUT2D eigenvalue weighted by atomic mass is 9.87. The molecule has 0 fully saturated rings. The number of rotatable bonds is 5. The molecule has 5 rings (SSSR count). The number of hydrogen-bond acceptors (Lipinski definition) is 4. The van der Waals surface area contributed by atoms with Gasteiger partial charge in [0.1, 0.15) is 0 Å². The number of halogens is 1. The average Bonchev–Trinajstić information content (AvgIpc) is 2.88. The van der Waals surface area contributed by atoms with Crippen LogP contribution in [0.5, 0.6) is 0 Å². The summed E-state index contributed by atoms with van der Waals surface area (Å²) in [5.74, 6) is -0.873. The lowest BCUT2D eigenvalue weighted by Gasteiger charge is -2.27. The molecule has 0 spiro atoms. The number of carbonyl (C=O) groups excluding carboxylic acids is 2. The van der Waals surface area contributed by atoms with Crippen LogP contribution in [0.2, 0.25) is 5.02 Å². The molecular weight excluding hydrogens is 460 g/mol. The predicted octanol–water partition coefficient (Wildman–Crippen LogP) is 6.29. The largest absolute Gasteiger partial charge is 0.449 e. The summed E-state index contributed by atoms with van der Waals surface area (Å²) in [6, 6.07) is 24.4. The molecule has 1 aromatic heterocycles. The Bertz CT molecular complexity index is 1400. The van der Waals surface area contributed by atoms with E-state index in [0.717, 1.165) is 30.4 Å². The van der Waals surface area contributed by atoms with Crippen molar-refractivity contribution in [3.05, 3.63) is 101 Å². The Morgan fingerprint density at radius 2 is 1.77 bits per heavy atom. The van der Waals surface area contributed by atoms with Gasteiger partial charge in [0.25, 0.3) is 5.91 Å². The van der Waals surface area contributed by atoms with Crippen molar-refractivity contribution < 1.29 is 14.3 Å². The van der Waals surface area contributed by atoms with E-state index in [0.29, 0.717) is 27.2 Å². The van der Waals surface area contributed by atoms with Crippen LogP contribution in [0.4, 0.5) is 0 Å². The molecule has 1 N–H and O–H groups in total. The third-order valence-corrected chi connectivity index (χ3v) is 6.67. The van der Waals surface area contributed by atoms with Gasteiger partial charge in [-0.3, -0.25) is 4.79 Å². The van der Waals surface area contributed by atoms with Crippen LogP contribution in [0.15, 0.2) is 78.9 Å². The summed E-state index contributed by atoms with van der Waals surface area (Å²) in [5.41, 5.74) is 4.88. The van der Waals surface area contributed by atoms with Gasteiger partial charge in [-0.2, -0.15) is 0 Å². The number of nitrogens with zero attached hydrogens (tertiary/aromatic N) is 1. The van der Waals surface area contributed by atoms with Crippen LogP contribution in [0.25, 0.3) is 22.2 Å². The zero-order valence-electron chi connectivity index (χ0n) is 19.3. The number of benzene rings is 3.